The predicted molar refractivity (Wildman–Crippen MR) is 251 cm³/mol. The largest absolute Gasteiger partial charge is 0.477 e. The van der Waals surface area contributed by atoms with Crippen LogP contribution in [0.1, 0.15) is 27.2 Å². The number of carbonyl (C=O) groups excluding carboxylic acids is 3. The Morgan fingerprint density at radius 3 is 1.51 bits per heavy atom. The Hall–Kier alpha value is -3.28. The summed E-state index contributed by atoms with van der Waals surface area (Å²) in [5.74, 6) is -7.77. The number of carboxylic acid groups (broad SMARTS) is 1. The number of nitrogens with one attached hydrogen (secondary N) is 3. The summed E-state index contributed by atoms with van der Waals surface area (Å²) in [6.45, 7) is -3.27. The van der Waals surface area contributed by atoms with Crippen LogP contribution in [0.5, 0.6) is 0 Å². The van der Waals surface area contributed by atoms with E-state index in [1.54, 1.807) is 0 Å². The maximum absolute atomic E-state index is 13.0. The van der Waals surface area contributed by atoms with Crippen molar-refractivity contribution >= 4 is 23.7 Å². The lowest BCUT2D eigenvalue weighted by Crippen LogP contribution is -2.71. The summed E-state index contributed by atoms with van der Waals surface area (Å²) in [5.41, 5.74) is 0. The van der Waals surface area contributed by atoms with Crippen LogP contribution in [0.3, 0.4) is 0 Å². The van der Waals surface area contributed by atoms with Crippen molar-refractivity contribution in [2.24, 2.45) is 0 Å². The first-order valence-electron chi connectivity index (χ1n) is 25.7. The minimum Gasteiger partial charge on any atom is -0.477 e. The fourth-order valence-electron chi connectivity index (χ4n) is 10.3. The normalized spacial score (nSPS) is 46.3. The summed E-state index contributed by atoms with van der Waals surface area (Å²) in [4.78, 5) is 49.6. The minimum atomic E-state index is -3.21. The van der Waals surface area contributed by atoms with E-state index in [1.807, 2.05) is 0 Å². The predicted octanol–water partition coefficient (Wildman–Crippen LogP) is -14.5. The van der Waals surface area contributed by atoms with Gasteiger partial charge in [0.2, 0.25) is 17.7 Å². The first kappa shape index (κ1) is 67.8. The molecule has 1 unspecified atom stereocenters. The van der Waals surface area contributed by atoms with E-state index in [0.29, 0.717) is 0 Å². The zero-order valence-corrected chi connectivity index (χ0v) is 43.9. The second-order valence-electron chi connectivity index (χ2n) is 20.4. The van der Waals surface area contributed by atoms with Gasteiger partial charge in [-0.05, 0) is 0 Å². The van der Waals surface area contributed by atoms with E-state index >= 15 is 0 Å². The maximum atomic E-state index is 13.0. The van der Waals surface area contributed by atoms with Gasteiger partial charge in [0.15, 0.2) is 31.5 Å². The van der Waals surface area contributed by atoms with Crippen LogP contribution < -0.4 is 16.0 Å². The molecule has 474 valence electrons. The molecule has 37 heteroatoms. The summed E-state index contributed by atoms with van der Waals surface area (Å²) < 4.78 is 62.9. The van der Waals surface area contributed by atoms with Gasteiger partial charge in [-0.3, -0.25) is 14.4 Å². The number of aliphatic carboxylic acids is 1. The maximum Gasteiger partial charge on any atom is 0.364 e. The summed E-state index contributed by atoms with van der Waals surface area (Å²) in [6, 6.07) is -5.12. The third kappa shape index (κ3) is 14.7. The second kappa shape index (κ2) is 28.9. The highest BCUT2D eigenvalue weighted by Gasteiger charge is 2.61. The van der Waals surface area contributed by atoms with Crippen molar-refractivity contribution in [2.45, 2.75) is 217 Å². The Balaban J connectivity index is 1.22. The molecule has 82 heavy (non-hydrogen) atoms. The Bertz CT molecular complexity index is 2090. The van der Waals surface area contributed by atoms with Crippen molar-refractivity contribution in [3.63, 3.8) is 0 Å². The van der Waals surface area contributed by atoms with E-state index in [-0.39, 0.29) is 0 Å². The Morgan fingerprint density at radius 1 is 0.500 bits per heavy atom. The number of aliphatic hydroxyl groups is 18. The van der Waals surface area contributed by atoms with Gasteiger partial charge in [0.25, 0.3) is 5.79 Å². The summed E-state index contributed by atoms with van der Waals surface area (Å²) in [7, 11) is 0. The molecule has 22 N–H and O–H groups in total. The van der Waals surface area contributed by atoms with Crippen LogP contribution in [-0.4, -0.2) is 350 Å². The standard InChI is InChI=1S/C45H75N3O34/c1-11(54)46-21-14(57)4-45(44(70)71,81-36(21)24(59)15(58)5-49)82-37-27(62)17(7-51)74-42(33(37)68)79-35-19(9-53)76-40(23(29(35)64)48-13(3)56)80-38-31(66)25(60)16(6-50)75-43(38)72-10-20-26(61)30(65)32(67)41(77-20)78-34-18(8-52)73-39(69)22(28(34)63)47-12(2)55/h14-43,49-53,57-69H,4-10H2,1-3H3,(H,46,54)(H,47,55)(H,48,56)(H,70,71)/t14-,15+,16+,17+,18+,19+,20+,21+,22+,23+,24+,25+,26+,27-,28+,29+,30-,31-,32-,33+,34+,35+,36+,37-,38-,39?,40-,41-,42-,43-,45-/m0/s1. The van der Waals surface area contributed by atoms with Gasteiger partial charge < -0.3 is 165 Å². The molecule has 6 saturated heterocycles. The highest BCUT2D eigenvalue weighted by atomic mass is 16.8. The van der Waals surface area contributed by atoms with Crippen molar-refractivity contribution < 1.29 is 168 Å². The monoisotopic (exact) mass is 1200 g/mol. The summed E-state index contributed by atoms with van der Waals surface area (Å²) >= 11 is 0. The van der Waals surface area contributed by atoms with Crippen LogP contribution in [0.2, 0.25) is 0 Å². The number of hydrogen-bond donors (Lipinski definition) is 22. The number of carbonyl (C=O) groups is 4. The zero-order valence-electron chi connectivity index (χ0n) is 43.9. The fourth-order valence-corrected chi connectivity index (χ4v) is 10.3. The first-order valence-corrected chi connectivity index (χ1v) is 25.7. The van der Waals surface area contributed by atoms with E-state index in [4.69, 9.17) is 52.1 Å². The third-order valence-corrected chi connectivity index (χ3v) is 14.6. The van der Waals surface area contributed by atoms with Gasteiger partial charge in [-0.25, -0.2) is 4.79 Å². The molecule has 0 aliphatic carbocycles. The number of hydrogen-bond acceptors (Lipinski definition) is 33. The van der Waals surface area contributed by atoms with Crippen LogP contribution in [0.4, 0.5) is 0 Å². The molecule has 37 nitrogen and oxygen atoms in total. The molecule has 0 aromatic heterocycles. The van der Waals surface area contributed by atoms with Crippen LogP contribution in [-0.2, 0) is 71.3 Å². The van der Waals surface area contributed by atoms with Gasteiger partial charge in [0.1, 0.15) is 140 Å². The Labute approximate surface area is 463 Å². The SMILES string of the molecule is CC(=O)N[C@H]1[C@H](O[C@@H]2[C@@H](OC[C@H]3O[C@@H](O[C@H]4[C@H](O)[C@@H](NC(C)=O)C(O)O[C@@H]4CO)[C@@H](O)[C@@H](O)[C@@H]3O)O[C@H](CO)[C@@H](O)[C@@H]2O)O[C@H](CO)[C@@H](O[C@@H]2O[C@H](CO)[C@H](O)[C@H](O[C@]3(C(=O)O)C[C@H](O)[C@@H](NC(C)=O)[C@H]([C@H](O)[C@H](O)CO)O3)[C@H]2O)[C@@H]1O. The van der Waals surface area contributed by atoms with Gasteiger partial charge in [-0.15, -0.1) is 0 Å². The topological polar surface area (TPSA) is 590 Å². The van der Waals surface area contributed by atoms with Crippen LogP contribution in [0.25, 0.3) is 0 Å². The minimum absolute atomic E-state index is 0.727. The summed E-state index contributed by atoms with van der Waals surface area (Å²) in [5, 5.41) is 212. The van der Waals surface area contributed by atoms with Gasteiger partial charge in [0, 0.05) is 27.2 Å². The molecule has 6 aliphatic rings. The number of rotatable bonds is 22. The van der Waals surface area contributed by atoms with E-state index in [9.17, 15) is 116 Å². The van der Waals surface area contributed by atoms with Gasteiger partial charge in [-0.1, -0.05) is 0 Å². The average Bonchev–Trinajstić information content (AvgIpc) is 3.52. The lowest BCUT2D eigenvalue weighted by atomic mass is 9.88. The quantitative estimate of drug-likeness (QED) is 0.0479. The molecule has 0 aromatic carbocycles. The molecule has 6 fully saturated rings. The van der Waals surface area contributed by atoms with Gasteiger partial charge in [0.05, 0.1) is 51.8 Å². The van der Waals surface area contributed by atoms with Crippen molar-refractivity contribution in [1.29, 1.82) is 0 Å². The van der Waals surface area contributed by atoms with E-state index in [1.165, 1.54) is 0 Å². The van der Waals surface area contributed by atoms with E-state index in [0.717, 1.165) is 20.8 Å². The molecule has 6 rings (SSSR count). The van der Waals surface area contributed by atoms with Crippen LogP contribution >= 0.6 is 0 Å². The molecular weight excluding hydrogens is 1130 g/mol. The molecule has 6 heterocycles. The third-order valence-electron chi connectivity index (χ3n) is 14.6. The van der Waals surface area contributed by atoms with Crippen LogP contribution in [0.15, 0.2) is 0 Å². The van der Waals surface area contributed by atoms with E-state index < -0.39 is 259 Å². The first-order chi connectivity index (χ1) is 38.6. The number of carboxylic acids is 1. The number of amides is 3. The molecular formula is C45H75N3O34. The Kier molecular flexibility index (Phi) is 23.9. The molecule has 0 bridgehead atoms. The van der Waals surface area contributed by atoms with E-state index in [2.05, 4.69) is 16.0 Å². The Morgan fingerprint density at radius 2 is 0.963 bits per heavy atom. The van der Waals surface area contributed by atoms with Crippen molar-refractivity contribution in [3.8, 4) is 0 Å². The smallest absolute Gasteiger partial charge is 0.364 e. The molecule has 6 aliphatic heterocycles. The molecule has 3 amide bonds. The zero-order chi connectivity index (χ0) is 61.0. The second-order valence-corrected chi connectivity index (χ2v) is 20.4. The lowest BCUT2D eigenvalue weighted by Gasteiger charge is -2.51. The van der Waals surface area contributed by atoms with Crippen molar-refractivity contribution in [1.82, 2.24) is 16.0 Å². The van der Waals surface area contributed by atoms with Crippen molar-refractivity contribution in [2.75, 3.05) is 39.6 Å². The molecule has 0 radical (unpaired) electrons. The van der Waals surface area contributed by atoms with Gasteiger partial charge >= 0.3 is 5.97 Å². The molecule has 31 atom stereocenters. The summed E-state index contributed by atoms with van der Waals surface area (Å²) in [6.07, 6.45) is -55.6. The molecule has 0 spiro atoms. The number of aliphatic hydroxyl groups excluding tert-OH is 18. The fraction of sp³-hybridized carbons (Fsp3) is 0.911. The van der Waals surface area contributed by atoms with Gasteiger partial charge in [-0.2, -0.15) is 0 Å². The van der Waals surface area contributed by atoms with Crippen LogP contribution in [0, 0.1) is 0 Å². The average molecular weight is 1200 g/mol. The molecule has 0 saturated carbocycles. The molecule has 0 aromatic rings. The van der Waals surface area contributed by atoms with Crippen molar-refractivity contribution in [3.05, 3.63) is 0 Å². The highest BCUT2D eigenvalue weighted by molar-refractivity contribution is 5.77. The lowest BCUT2D eigenvalue weighted by molar-refractivity contribution is -0.390. The number of ether oxygens (including phenoxy) is 11. The highest BCUT2D eigenvalue weighted by Crippen LogP contribution is 2.40.